The molecule has 0 aliphatic carbocycles. The van der Waals surface area contributed by atoms with Crippen LogP contribution in [0.4, 0.5) is 34.1 Å². The summed E-state index contributed by atoms with van der Waals surface area (Å²) in [4.78, 5) is 4.58. The minimum atomic E-state index is 0.876. The van der Waals surface area contributed by atoms with E-state index in [1.165, 1.54) is 5.56 Å². The molecule has 0 N–H and O–H groups in total. The summed E-state index contributed by atoms with van der Waals surface area (Å²) in [5.74, 6) is 0. The first-order valence-corrected chi connectivity index (χ1v) is 15.0. The van der Waals surface area contributed by atoms with E-state index in [0.717, 1.165) is 66.8 Å². The van der Waals surface area contributed by atoms with Crippen LogP contribution in [0.3, 0.4) is 0 Å². The number of rotatable bonds is 6. The minimum Gasteiger partial charge on any atom is -0.453 e. The lowest BCUT2D eigenvalue weighted by Gasteiger charge is -2.26. The molecule has 0 saturated heterocycles. The van der Waals surface area contributed by atoms with Crippen molar-refractivity contribution in [1.29, 1.82) is 0 Å². The molecule has 44 heavy (non-hydrogen) atoms. The zero-order chi connectivity index (χ0) is 29.5. The number of nitrogens with zero attached hydrogens (tertiary/aromatic N) is 2. The third-order valence-electron chi connectivity index (χ3n) is 8.30. The SMILES string of the molecule is Cc1cc(N(c2ccccc2)c2ccccc2)cc2ccc3c4cccc(N(c5ccccc5)c5ccccc5)c4oc3c12. The van der Waals surface area contributed by atoms with Gasteiger partial charge in [0.1, 0.15) is 5.58 Å². The van der Waals surface area contributed by atoms with Gasteiger partial charge in [0.05, 0.1) is 5.69 Å². The van der Waals surface area contributed by atoms with Crippen LogP contribution in [0.5, 0.6) is 0 Å². The van der Waals surface area contributed by atoms with Gasteiger partial charge in [0, 0.05) is 44.6 Å². The number of para-hydroxylation sites is 5. The second-order valence-electron chi connectivity index (χ2n) is 11.1. The van der Waals surface area contributed by atoms with Crippen molar-refractivity contribution in [2.24, 2.45) is 0 Å². The standard InChI is InChI=1S/C41H30N2O/c1-29-27-35(42(31-15-6-2-7-16-31)32-17-8-3-9-18-32)28-30-25-26-37-36-23-14-24-38(40(36)44-41(37)39(29)30)43(33-19-10-4-11-20-33)34-21-12-5-13-22-34/h2-28H,1H3. The highest BCUT2D eigenvalue weighted by Crippen LogP contribution is 2.45. The van der Waals surface area contributed by atoms with Crippen molar-refractivity contribution >= 4 is 66.8 Å². The smallest absolute Gasteiger partial charge is 0.159 e. The minimum absolute atomic E-state index is 0.876. The fraction of sp³-hybridized carbons (Fsp3) is 0.0244. The lowest BCUT2D eigenvalue weighted by atomic mass is 10.00. The van der Waals surface area contributed by atoms with Crippen molar-refractivity contribution in [1.82, 2.24) is 0 Å². The van der Waals surface area contributed by atoms with Gasteiger partial charge in [0.25, 0.3) is 0 Å². The third-order valence-corrected chi connectivity index (χ3v) is 8.30. The number of furan rings is 1. The first-order valence-electron chi connectivity index (χ1n) is 15.0. The zero-order valence-corrected chi connectivity index (χ0v) is 24.4. The fourth-order valence-corrected chi connectivity index (χ4v) is 6.37. The molecule has 0 amide bonds. The van der Waals surface area contributed by atoms with Gasteiger partial charge in [-0.1, -0.05) is 91.0 Å². The molecule has 7 aromatic carbocycles. The van der Waals surface area contributed by atoms with Crippen LogP contribution in [0.1, 0.15) is 5.56 Å². The zero-order valence-electron chi connectivity index (χ0n) is 24.4. The van der Waals surface area contributed by atoms with E-state index >= 15 is 0 Å². The van der Waals surface area contributed by atoms with Crippen LogP contribution in [0.15, 0.2) is 168 Å². The molecular weight excluding hydrogens is 536 g/mol. The molecule has 0 aliphatic heterocycles. The number of fused-ring (bicyclic) bond motifs is 5. The highest BCUT2D eigenvalue weighted by molar-refractivity contribution is 6.18. The Bertz CT molecular complexity index is 2150. The molecule has 210 valence electrons. The Hall–Kier alpha value is -5.80. The molecule has 8 aromatic rings. The molecule has 0 bridgehead atoms. The first-order chi connectivity index (χ1) is 21.8. The Morgan fingerprint density at radius 3 is 1.45 bits per heavy atom. The van der Waals surface area contributed by atoms with Crippen LogP contribution in [-0.2, 0) is 0 Å². The molecule has 1 aromatic heterocycles. The summed E-state index contributed by atoms with van der Waals surface area (Å²) >= 11 is 0. The van der Waals surface area contributed by atoms with Crippen LogP contribution in [-0.4, -0.2) is 0 Å². The monoisotopic (exact) mass is 566 g/mol. The Labute approximate surface area is 256 Å². The topological polar surface area (TPSA) is 19.6 Å². The second kappa shape index (κ2) is 10.8. The molecule has 3 heteroatoms. The Morgan fingerprint density at radius 1 is 0.409 bits per heavy atom. The van der Waals surface area contributed by atoms with Gasteiger partial charge in [0.2, 0.25) is 0 Å². The fourth-order valence-electron chi connectivity index (χ4n) is 6.37. The number of hydrogen-bond acceptors (Lipinski definition) is 3. The number of aryl methyl sites for hydroxylation is 1. The molecule has 0 unspecified atom stereocenters. The summed E-state index contributed by atoms with van der Waals surface area (Å²) in [7, 11) is 0. The highest BCUT2D eigenvalue weighted by atomic mass is 16.3. The van der Waals surface area contributed by atoms with E-state index in [-0.39, 0.29) is 0 Å². The molecule has 0 aliphatic rings. The number of benzene rings is 7. The van der Waals surface area contributed by atoms with Gasteiger partial charge in [0.15, 0.2) is 5.58 Å². The van der Waals surface area contributed by atoms with Gasteiger partial charge >= 0.3 is 0 Å². The summed E-state index contributed by atoms with van der Waals surface area (Å²) in [5.41, 5.74) is 9.49. The predicted molar refractivity (Wildman–Crippen MR) is 185 cm³/mol. The maximum absolute atomic E-state index is 6.92. The molecule has 3 nitrogen and oxygen atoms in total. The number of anilines is 6. The Morgan fingerprint density at radius 2 is 0.909 bits per heavy atom. The quantitative estimate of drug-likeness (QED) is 0.200. The summed E-state index contributed by atoms with van der Waals surface area (Å²) in [6, 6.07) is 57.5. The van der Waals surface area contributed by atoms with Gasteiger partial charge in [-0.3, -0.25) is 0 Å². The van der Waals surface area contributed by atoms with Crippen LogP contribution in [0.25, 0.3) is 32.7 Å². The number of hydrogen-bond donors (Lipinski definition) is 0. The van der Waals surface area contributed by atoms with E-state index in [2.05, 4.69) is 168 Å². The molecular formula is C41H30N2O. The van der Waals surface area contributed by atoms with Gasteiger partial charge in [-0.15, -0.1) is 0 Å². The molecule has 0 atom stereocenters. The van der Waals surface area contributed by atoms with Gasteiger partial charge in [-0.2, -0.15) is 0 Å². The van der Waals surface area contributed by atoms with Crippen LogP contribution in [0.2, 0.25) is 0 Å². The summed E-state index contributed by atoms with van der Waals surface area (Å²) in [5, 5.41) is 4.51. The lowest BCUT2D eigenvalue weighted by Crippen LogP contribution is -2.10. The van der Waals surface area contributed by atoms with E-state index in [4.69, 9.17) is 4.42 Å². The summed E-state index contributed by atoms with van der Waals surface area (Å²) < 4.78 is 6.92. The van der Waals surface area contributed by atoms with Crippen molar-refractivity contribution < 1.29 is 4.42 Å². The summed E-state index contributed by atoms with van der Waals surface area (Å²) in [6.07, 6.45) is 0. The average molecular weight is 567 g/mol. The lowest BCUT2D eigenvalue weighted by molar-refractivity contribution is 0.672. The van der Waals surface area contributed by atoms with E-state index in [0.29, 0.717) is 0 Å². The van der Waals surface area contributed by atoms with E-state index in [9.17, 15) is 0 Å². The molecule has 1 heterocycles. The van der Waals surface area contributed by atoms with Crippen molar-refractivity contribution in [3.63, 3.8) is 0 Å². The van der Waals surface area contributed by atoms with Crippen molar-refractivity contribution in [3.05, 3.63) is 169 Å². The van der Waals surface area contributed by atoms with E-state index < -0.39 is 0 Å². The largest absolute Gasteiger partial charge is 0.453 e. The third kappa shape index (κ3) is 4.38. The first kappa shape index (κ1) is 25.9. The Balaban J connectivity index is 1.34. The predicted octanol–water partition coefficient (Wildman–Crippen LogP) is 12.0. The molecule has 0 fully saturated rings. The van der Waals surface area contributed by atoms with E-state index in [1.54, 1.807) is 0 Å². The van der Waals surface area contributed by atoms with Crippen molar-refractivity contribution in [3.8, 4) is 0 Å². The maximum atomic E-state index is 6.92. The Kier molecular flexibility index (Phi) is 6.35. The molecule has 8 rings (SSSR count). The average Bonchev–Trinajstić information content (AvgIpc) is 3.46. The molecule has 0 saturated carbocycles. The summed E-state index contributed by atoms with van der Waals surface area (Å²) in [6.45, 7) is 2.19. The van der Waals surface area contributed by atoms with E-state index in [1.807, 2.05) is 12.1 Å². The maximum Gasteiger partial charge on any atom is 0.159 e. The van der Waals surface area contributed by atoms with Gasteiger partial charge < -0.3 is 14.2 Å². The van der Waals surface area contributed by atoms with Crippen LogP contribution < -0.4 is 9.80 Å². The molecule has 0 radical (unpaired) electrons. The second-order valence-corrected chi connectivity index (χ2v) is 11.1. The van der Waals surface area contributed by atoms with Crippen LogP contribution in [0, 0.1) is 6.92 Å². The van der Waals surface area contributed by atoms with Crippen molar-refractivity contribution in [2.75, 3.05) is 9.80 Å². The van der Waals surface area contributed by atoms with Gasteiger partial charge in [-0.05, 0) is 90.7 Å². The van der Waals surface area contributed by atoms with Crippen molar-refractivity contribution in [2.45, 2.75) is 6.92 Å². The van der Waals surface area contributed by atoms with Crippen LogP contribution >= 0.6 is 0 Å². The molecule has 0 spiro atoms. The highest BCUT2D eigenvalue weighted by Gasteiger charge is 2.21. The van der Waals surface area contributed by atoms with Gasteiger partial charge in [-0.25, -0.2) is 0 Å². The normalized spacial score (nSPS) is 11.3.